The average Bonchev–Trinajstić information content (AvgIpc) is 3.48. The smallest absolute Gasteiger partial charge is 0.135 e. The van der Waals surface area contributed by atoms with E-state index in [0.29, 0.717) is 34.8 Å². The lowest BCUT2D eigenvalue weighted by Crippen LogP contribution is -2.33. The van der Waals surface area contributed by atoms with E-state index in [1.165, 1.54) is 24.2 Å². The van der Waals surface area contributed by atoms with Gasteiger partial charge in [-0.05, 0) is 54.9 Å². The molecule has 2 heterocycles. The lowest BCUT2D eigenvalue weighted by atomic mass is 9.93. The molecule has 1 aromatic heterocycles. The summed E-state index contributed by atoms with van der Waals surface area (Å²) in [5.41, 5.74) is 2.44. The summed E-state index contributed by atoms with van der Waals surface area (Å²) in [4.78, 5) is 6.72. The number of fused-ring (bicyclic) bond motifs is 2. The second-order valence-corrected chi connectivity index (χ2v) is 8.72. The predicted octanol–water partition coefficient (Wildman–Crippen LogP) is 4.59. The monoisotopic (exact) mass is 393 g/mol. The fraction of sp³-hybridized carbons (Fsp3) is 0.364. The molecule has 0 saturated heterocycles. The lowest BCUT2D eigenvalue weighted by molar-refractivity contribution is 0.294. The lowest BCUT2D eigenvalue weighted by Gasteiger charge is -2.26. The van der Waals surface area contributed by atoms with Crippen molar-refractivity contribution >= 4 is 22.7 Å². The number of thiazole rings is 1. The number of benzene rings is 1. The van der Waals surface area contributed by atoms with Crippen LogP contribution in [0.3, 0.4) is 0 Å². The van der Waals surface area contributed by atoms with Crippen molar-refractivity contribution in [2.45, 2.75) is 12.8 Å². The van der Waals surface area contributed by atoms with Gasteiger partial charge >= 0.3 is 0 Å². The van der Waals surface area contributed by atoms with Crippen molar-refractivity contribution < 1.29 is 9.84 Å². The van der Waals surface area contributed by atoms with E-state index in [-0.39, 0.29) is 5.76 Å². The highest BCUT2D eigenvalue weighted by molar-refractivity contribution is 7.11. The number of allylic oxidation sites excluding steroid dienone is 2. The minimum absolute atomic E-state index is 0.263. The number of nitrogens with one attached hydrogen (secondary N) is 1. The van der Waals surface area contributed by atoms with Gasteiger partial charge in [0.05, 0.1) is 24.9 Å². The zero-order chi connectivity index (χ0) is 19.3. The Bertz CT molecular complexity index is 976. The molecule has 0 spiro atoms. The maximum Gasteiger partial charge on any atom is 0.135 e. The first-order valence-electron chi connectivity index (χ1n) is 9.67. The topological polar surface area (TPSA) is 69.4 Å². The Kier molecular flexibility index (Phi) is 4.23. The van der Waals surface area contributed by atoms with Gasteiger partial charge in [-0.3, -0.25) is 5.41 Å². The molecule has 2 aliphatic carbocycles. The third-order valence-corrected chi connectivity index (χ3v) is 7.02. The van der Waals surface area contributed by atoms with E-state index < -0.39 is 0 Å². The number of rotatable bonds is 5. The molecule has 2 N–H and O–H groups in total. The number of ether oxygens (including phenoxy) is 1. The van der Waals surface area contributed by atoms with Gasteiger partial charge in [-0.1, -0.05) is 12.2 Å². The standard InChI is InChI=1S/C22H23N3O2S/c1-27-17-6-4-14(5-7-17)18-12-28-22(24-18)20-19(26)11-25(21(20)23)10-16-9-13-2-3-15(16)8-13/h2-7,12-13,15-16,23,26H,8-11H2,1H3/t13-,15-,16+/m0/s1. The van der Waals surface area contributed by atoms with E-state index in [1.807, 2.05) is 34.5 Å². The molecule has 2 bridgehead atoms. The largest absolute Gasteiger partial charge is 0.510 e. The first-order chi connectivity index (χ1) is 13.6. The molecule has 6 heteroatoms. The van der Waals surface area contributed by atoms with Crippen LogP contribution in [0.5, 0.6) is 5.75 Å². The van der Waals surface area contributed by atoms with Crippen LogP contribution in [0, 0.1) is 23.2 Å². The SMILES string of the molecule is COc1ccc(-c2csc(C3=C(O)CN(C[C@H]4C[C@H]5C=C[C@H]4C5)C3=N)n2)cc1. The predicted molar refractivity (Wildman–Crippen MR) is 112 cm³/mol. The zero-order valence-electron chi connectivity index (χ0n) is 15.8. The van der Waals surface area contributed by atoms with Gasteiger partial charge in [0.15, 0.2) is 0 Å². The third-order valence-electron chi connectivity index (χ3n) is 6.16. The van der Waals surface area contributed by atoms with Crippen molar-refractivity contribution in [3.05, 3.63) is 52.6 Å². The maximum absolute atomic E-state index is 10.6. The average molecular weight is 394 g/mol. The van der Waals surface area contributed by atoms with Crippen LogP contribution in [-0.2, 0) is 0 Å². The summed E-state index contributed by atoms with van der Waals surface area (Å²) >= 11 is 1.48. The zero-order valence-corrected chi connectivity index (χ0v) is 16.6. The summed E-state index contributed by atoms with van der Waals surface area (Å²) in [5, 5.41) is 21.9. The van der Waals surface area contributed by atoms with E-state index >= 15 is 0 Å². The number of aromatic nitrogens is 1. The number of aliphatic hydroxyl groups excluding tert-OH is 1. The first-order valence-corrected chi connectivity index (χ1v) is 10.5. The van der Waals surface area contributed by atoms with Crippen molar-refractivity contribution in [1.29, 1.82) is 5.41 Å². The highest BCUT2D eigenvalue weighted by Crippen LogP contribution is 2.44. The highest BCUT2D eigenvalue weighted by atomic mass is 32.1. The molecule has 3 atom stereocenters. The molecule has 1 fully saturated rings. The molecule has 1 aromatic carbocycles. The number of hydrogen-bond donors (Lipinski definition) is 2. The van der Waals surface area contributed by atoms with Crippen LogP contribution in [0.4, 0.5) is 0 Å². The van der Waals surface area contributed by atoms with Crippen LogP contribution < -0.4 is 4.74 Å². The van der Waals surface area contributed by atoms with Crippen LogP contribution in [-0.4, -0.2) is 41.0 Å². The molecule has 28 heavy (non-hydrogen) atoms. The fourth-order valence-electron chi connectivity index (χ4n) is 4.68. The summed E-state index contributed by atoms with van der Waals surface area (Å²) in [5.74, 6) is 3.43. The second kappa shape index (κ2) is 6.78. The molecular formula is C22H23N3O2S. The van der Waals surface area contributed by atoms with E-state index in [9.17, 15) is 5.11 Å². The van der Waals surface area contributed by atoms with Crippen LogP contribution in [0.15, 0.2) is 47.6 Å². The minimum Gasteiger partial charge on any atom is -0.510 e. The van der Waals surface area contributed by atoms with E-state index in [0.717, 1.165) is 29.5 Å². The van der Waals surface area contributed by atoms with Gasteiger partial charge in [0.2, 0.25) is 0 Å². The summed E-state index contributed by atoms with van der Waals surface area (Å²) in [6, 6.07) is 7.77. The molecule has 2 aromatic rings. The molecule has 1 aliphatic heterocycles. The summed E-state index contributed by atoms with van der Waals surface area (Å²) < 4.78 is 5.21. The van der Waals surface area contributed by atoms with Crippen molar-refractivity contribution in [1.82, 2.24) is 9.88 Å². The van der Waals surface area contributed by atoms with Gasteiger partial charge in [-0.2, -0.15) is 0 Å². The molecule has 3 aliphatic rings. The number of nitrogens with zero attached hydrogens (tertiary/aromatic N) is 2. The molecule has 1 saturated carbocycles. The van der Waals surface area contributed by atoms with Crippen molar-refractivity contribution in [2.75, 3.05) is 20.2 Å². The molecular weight excluding hydrogens is 370 g/mol. The van der Waals surface area contributed by atoms with Crippen molar-refractivity contribution in [2.24, 2.45) is 17.8 Å². The van der Waals surface area contributed by atoms with E-state index in [1.54, 1.807) is 7.11 Å². The van der Waals surface area contributed by atoms with E-state index in [2.05, 4.69) is 12.2 Å². The molecule has 0 unspecified atom stereocenters. The Balaban J connectivity index is 1.33. The summed E-state index contributed by atoms with van der Waals surface area (Å²) in [7, 11) is 1.65. The van der Waals surface area contributed by atoms with Gasteiger partial charge in [0, 0.05) is 17.5 Å². The minimum atomic E-state index is 0.263. The Hall–Kier alpha value is -2.60. The Morgan fingerprint density at radius 1 is 1.25 bits per heavy atom. The van der Waals surface area contributed by atoms with E-state index in [4.69, 9.17) is 15.1 Å². The van der Waals surface area contributed by atoms with Gasteiger partial charge < -0.3 is 14.7 Å². The Morgan fingerprint density at radius 3 is 2.75 bits per heavy atom. The fourth-order valence-corrected chi connectivity index (χ4v) is 5.58. The molecule has 5 nitrogen and oxygen atoms in total. The van der Waals surface area contributed by atoms with Crippen LogP contribution >= 0.6 is 11.3 Å². The molecule has 0 amide bonds. The first kappa shape index (κ1) is 17.5. The molecule has 0 radical (unpaired) electrons. The van der Waals surface area contributed by atoms with Gasteiger partial charge in [-0.15, -0.1) is 11.3 Å². The summed E-state index contributed by atoms with van der Waals surface area (Å²) in [6.45, 7) is 1.26. The van der Waals surface area contributed by atoms with Crippen LogP contribution in [0.25, 0.3) is 16.8 Å². The van der Waals surface area contributed by atoms with Crippen LogP contribution in [0.2, 0.25) is 0 Å². The molecule has 144 valence electrons. The quantitative estimate of drug-likeness (QED) is 0.729. The van der Waals surface area contributed by atoms with Crippen LogP contribution in [0.1, 0.15) is 17.8 Å². The van der Waals surface area contributed by atoms with Crippen molar-refractivity contribution in [3.63, 3.8) is 0 Å². The third kappa shape index (κ3) is 2.92. The number of hydrogen-bond acceptors (Lipinski definition) is 5. The Labute approximate surface area is 168 Å². The van der Waals surface area contributed by atoms with Crippen molar-refractivity contribution in [3.8, 4) is 17.0 Å². The van der Waals surface area contributed by atoms with Gasteiger partial charge in [0.25, 0.3) is 0 Å². The van der Waals surface area contributed by atoms with Gasteiger partial charge in [0.1, 0.15) is 22.4 Å². The van der Waals surface area contributed by atoms with Gasteiger partial charge in [-0.25, -0.2) is 4.98 Å². The summed E-state index contributed by atoms with van der Waals surface area (Å²) in [6.07, 6.45) is 7.15. The maximum atomic E-state index is 10.6. The number of aliphatic hydroxyl groups is 1. The molecule has 5 rings (SSSR count). The number of amidine groups is 1. The number of methoxy groups -OCH3 is 1. The second-order valence-electron chi connectivity index (χ2n) is 7.86. The normalized spacial score (nSPS) is 26.0. The highest BCUT2D eigenvalue weighted by Gasteiger charge is 2.39. The Morgan fingerprint density at radius 2 is 2.07 bits per heavy atom.